The highest BCUT2D eigenvalue weighted by atomic mass is 32.2. The van der Waals surface area contributed by atoms with E-state index in [1.807, 2.05) is 32.9 Å². The summed E-state index contributed by atoms with van der Waals surface area (Å²) in [5, 5.41) is 11.4. The SMILES string of the molecule is CCOc1ccccc1NC(=O)C1=C(C)Nc2nc(SCC)nn2C1c1ccc(F)cc1. The van der Waals surface area contributed by atoms with Gasteiger partial charge in [0.05, 0.1) is 17.9 Å². The summed E-state index contributed by atoms with van der Waals surface area (Å²) < 4.78 is 21.0. The summed E-state index contributed by atoms with van der Waals surface area (Å²) in [4.78, 5) is 18.1. The lowest BCUT2D eigenvalue weighted by Crippen LogP contribution is -2.31. The molecule has 3 aromatic rings. The molecule has 0 bridgehead atoms. The lowest BCUT2D eigenvalue weighted by molar-refractivity contribution is -0.113. The van der Waals surface area contributed by atoms with Gasteiger partial charge in [-0.2, -0.15) is 4.98 Å². The number of benzene rings is 2. The molecule has 0 fully saturated rings. The number of fused-ring (bicyclic) bond motifs is 1. The molecule has 32 heavy (non-hydrogen) atoms. The minimum atomic E-state index is -0.565. The molecule has 1 aliphatic rings. The first-order valence-electron chi connectivity index (χ1n) is 10.4. The van der Waals surface area contributed by atoms with Gasteiger partial charge in [-0.1, -0.05) is 43.0 Å². The van der Waals surface area contributed by atoms with Crippen LogP contribution in [0.4, 0.5) is 16.0 Å². The van der Waals surface area contributed by atoms with E-state index in [1.54, 1.807) is 28.9 Å². The van der Waals surface area contributed by atoms with Gasteiger partial charge in [-0.3, -0.25) is 4.79 Å². The number of thioether (sulfide) groups is 1. The minimum absolute atomic E-state index is 0.303. The number of carbonyl (C=O) groups is 1. The van der Waals surface area contributed by atoms with Crippen molar-refractivity contribution in [2.45, 2.75) is 32.0 Å². The summed E-state index contributed by atoms with van der Waals surface area (Å²) in [6.45, 7) is 6.21. The van der Waals surface area contributed by atoms with E-state index in [0.29, 0.717) is 40.4 Å². The fraction of sp³-hybridized carbons (Fsp3) is 0.261. The van der Waals surface area contributed by atoms with Gasteiger partial charge in [-0.25, -0.2) is 9.07 Å². The van der Waals surface area contributed by atoms with E-state index in [2.05, 4.69) is 20.7 Å². The average molecular weight is 454 g/mol. The number of hydrogen-bond donors (Lipinski definition) is 2. The molecule has 1 unspecified atom stereocenters. The Balaban J connectivity index is 1.76. The fourth-order valence-corrected chi connectivity index (χ4v) is 4.16. The third kappa shape index (κ3) is 4.34. The number of allylic oxidation sites excluding steroid dienone is 1. The van der Waals surface area contributed by atoms with Gasteiger partial charge in [0, 0.05) is 5.70 Å². The average Bonchev–Trinajstić information content (AvgIpc) is 3.17. The lowest BCUT2D eigenvalue weighted by Gasteiger charge is -2.28. The lowest BCUT2D eigenvalue weighted by atomic mass is 9.95. The van der Waals surface area contributed by atoms with E-state index in [4.69, 9.17) is 4.74 Å². The number of amides is 1. The fourth-order valence-electron chi connectivity index (χ4n) is 3.61. The molecule has 1 aromatic heterocycles. The van der Waals surface area contributed by atoms with Crippen LogP contribution in [-0.4, -0.2) is 33.0 Å². The molecule has 0 saturated heterocycles. The second kappa shape index (κ2) is 9.44. The Morgan fingerprint density at radius 3 is 2.69 bits per heavy atom. The maximum Gasteiger partial charge on any atom is 0.255 e. The molecule has 0 radical (unpaired) electrons. The highest BCUT2D eigenvalue weighted by molar-refractivity contribution is 7.99. The van der Waals surface area contributed by atoms with E-state index in [-0.39, 0.29) is 11.7 Å². The number of hydrogen-bond acceptors (Lipinski definition) is 6. The molecule has 0 spiro atoms. The highest BCUT2D eigenvalue weighted by Crippen LogP contribution is 2.37. The van der Waals surface area contributed by atoms with Crippen molar-refractivity contribution in [1.82, 2.24) is 14.8 Å². The van der Waals surface area contributed by atoms with Crippen LogP contribution in [0.3, 0.4) is 0 Å². The second-order valence-electron chi connectivity index (χ2n) is 7.10. The molecule has 0 saturated carbocycles. The topological polar surface area (TPSA) is 81.1 Å². The summed E-state index contributed by atoms with van der Waals surface area (Å²) in [5.41, 5.74) is 2.42. The molecule has 2 heterocycles. The highest BCUT2D eigenvalue weighted by Gasteiger charge is 2.34. The zero-order chi connectivity index (χ0) is 22.7. The minimum Gasteiger partial charge on any atom is -0.492 e. The summed E-state index contributed by atoms with van der Waals surface area (Å²) in [7, 11) is 0. The van der Waals surface area contributed by atoms with E-state index < -0.39 is 6.04 Å². The Bertz CT molecular complexity index is 1160. The number of halogens is 1. The van der Waals surface area contributed by atoms with Gasteiger partial charge in [0.1, 0.15) is 17.6 Å². The molecule has 0 aliphatic carbocycles. The van der Waals surface area contributed by atoms with Crippen LogP contribution >= 0.6 is 11.8 Å². The number of anilines is 2. The summed E-state index contributed by atoms with van der Waals surface area (Å²) in [5.74, 6) is 1.30. The number of ether oxygens (including phenoxy) is 1. The molecule has 166 valence electrons. The molecular formula is C23H24FN5O2S. The van der Waals surface area contributed by atoms with Crippen molar-refractivity contribution < 1.29 is 13.9 Å². The van der Waals surface area contributed by atoms with Gasteiger partial charge in [0.2, 0.25) is 11.1 Å². The van der Waals surface area contributed by atoms with Crippen molar-refractivity contribution in [3.8, 4) is 5.75 Å². The maximum atomic E-state index is 13.6. The Morgan fingerprint density at radius 2 is 1.97 bits per heavy atom. The van der Waals surface area contributed by atoms with Gasteiger partial charge in [0.25, 0.3) is 5.91 Å². The first kappa shape index (κ1) is 21.9. The number of para-hydroxylation sites is 2. The Kier molecular flexibility index (Phi) is 6.45. The number of rotatable bonds is 7. The normalized spacial score (nSPS) is 15.2. The van der Waals surface area contributed by atoms with E-state index in [1.165, 1.54) is 23.9 Å². The molecule has 1 amide bonds. The van der Waals surface area contributed by atoms with Crippen molar-refractivity contribution >= 4 is 29.3 Å². The Morgan fingerprint density at radius 1 is 1.22 bits per heavy atom. The van der Waals surface area contributed by atoms with Crippen molar-refractivity contribution in [2.24, 2.45) is 0 Å². The van der Waals surface area contributed by atoms with E-state index >= 15 is 0 Å². The smallest absolute Gasteiger partial charge is 0.255 e. The first-order chi connectivity index (χ1) is 15.5. The van der Waals surface area contributed by atoms with Gasteiger partial charge in [-0.05, 0) is 49.4 Å². The van der Waals surface area contributed by atoms with Crippen LogP contribution < -0.4 is 15.4 Å². The quantitative estimate of drug-likeness (QED) is 0.498. The van der Waals surface area contributed by atoms with Crippen LogP contribution in [0.5, 0.6) is 5.75 Å². The van der Waals surface area contributed by atoms with Crippen molar-refractivity contribution in [3.05, 3.63) is 71.2 Å². The number of nitrogens with one attached hydrogen (secondary N) is 2. The van der Waals surface area contributed by atoms with Gasteiger partial charge in [-0.15, -0.1) is 5.10 Å². The van der Waals surface area contributed by atoms with Crippen LogP contribution in [0, 0.1) is 5.82 Å². The molecule has 2 aromatic carbocycles. The summed E-state index contributed by atoms with van der Waals surface area (Å²) >= 11 is 1.51. The second-order valence-corrected chi connectivity index (χ2v) is 8.33. The largest absolute Gasteiger partial charge is 0.492 e. The number of carbonyl (C=O) groups excluding carboxylic acids is 1. The monoisotopic (exact) mass is 453 g/mol. The van der Waals surface area contributed by atoms with Gasteiger partial charge in [0.15, 0.2) is 0 Å². The van der Waals surface area contributed by atoms with Gasteiger partial charge < -0.3 is 15.4 Å². The third-order valence-electron chi connectivity index (χ3n) is 4.97. The molecule has 2 N–H and O–H groups in total. The van der Waals surface area contributed by atoms with Crippen LogP contribution in [0.2, 0.25) is 0 Å². The zero-order valence-electron chi connectivity index (χ0n) is 18.1. The molecule has 7 nitrogen and oxygen atoms in total. The predicted molar refractivity (Wildman–Crippen MR) is 124 cm³/mol. The van der Waals surface area contributed by atoms with Crippen LogP contribution in [0.15, 0.2) is 65.0 Å². The molecule has 1 atom stereocenters. The van der Waals surface area contributed by atoms with Crippen molar-refractivity contribution in [1.29, 1.82) is 0 Å². The third-order valence-corrected chi connectivity index (χ3v) is 5.69. The molecule has 9 heteroatoms. The maximum absolute atomic E-state index is 13.6. The van der Waals surface area contributed by atoms with Crippen molar-refractivity contribution in [2.75, 3.05) is 23.0 Å². The first-order valence-corrected chi connectivity index (χ1v) is 11.4. The number of aromatic nitrogens is 3. The predicted octanol–water partition coefficient (Wildman–Crippen LogP) is 4.86. The van der Waals surface area contributed by atoms with Crippen LogP contribution in [0.1, 0.15) is 32.4 Å². The van der Waals surface area contributed by atoms with Crippen LogP contribution in [0.25, 0.3) is 0 Å². The Labute approximate surface area is 190 Å². The van der Waals surface area contributed by atoms with E-state index in [9.17, 15) is 9.18 Å². The van der Waals surface area contributed by atoms with Gasteiger partial charge >= 0.3 is 0 Å². The molecule has 1 aliphatic heterocycles. The van der Waals surface area contributed by atoms with Crippen LogP contribution in [-0.2, 0) is 4.79 Å². The zero-order valence-corrected chi connectivity index (χ0v) is 18.9. The Hall–Kier alpha value is -3.33. The molecular weight excluding hydrogens is 429 g/mol. The number of nitrogens with zero attached hydrogens (tertiary/aromatic N) is 3. The summed E-state index contributed by atoms with van der Waals surface area (Å²) in [6, 6.07) is 12.8. The summed E-state index contributed by atoms with van der Waals surface area (Å²) in [6.07, 6.45) is 0. The standard InChI is InChI=1S/C23H24FN5O2S/c1-4-31-18-9-7-6-8-17(18)26-21(30)19-14(3)25-22-27-23(32-5-2)28-29(22)20(19)15-10-12-16(24)13-11-15/h6-13,20H,4-5H2,1-3H3,(H,26,30)(H,25,27,28). The van der Waals surface area contributed by atoms with Crippen molar-refractivity contribution in [3.63, 3.8) is 0 Å². The molecule has 4 rings (SSSR count). The van der Waals surface area contributed by atoms with E-state index in [0.717, 1.165) is 11.3 Å².